The number of carbonyl (C=O) groups excluding carboxylic acids is 2. The molecular formula is C18H25N5O3. The summed E-state index contributed by atoms with van der Waals surface area (Å²) in [4.78, 5) is 39.9. The topological polar surface area (TPSA) is 78.9 Å². The minimum absolute atomic E-state index is 0.383. The minimum atomic E-state index is -0.434. The van der Waals surface area contributed by atoms with Gasteiger partial charge in [0.05, 0.1) is 25.5 Å². The van der Waals surface area contributed by atoms with Crippen LogP contribution >= 0.6 is 0 Å². The lowest BCUT2D eigenvalue weighted by Crippen LogP contribution is -2.50. The second-order valence-electron chi connectivity index (χ2n) is 7.10. The van der Waals surface area contributed by atoms with Gasteiger partial charge in [0, 0.05) is 38.3 Å². The quantitative estimate of drug-likeness (QED) is 0.663. The van der Waals surface area contributed by atoms with Gasteiger partial charge >= 0.3 is 11.8 Å². The van der Waals surface area contributed by atoms with E-state index < -0.39 is 11.8 Å². The number of morpholine rings is 1. The van der Waals surface area contributed by atoms with Crippen molar-refractivity contribution in [2.45, 2.75) is 32.7 Å². The molecule has 0 N–H and O–H groups in total. The van der Waals surface area contributed by atoms with Crippen LogP contribution in [0.3, 0.4) is 0 Å². The maximum absolute atomic E-state index is 12.7. The van der Waals surface area contributed by atoms with Gasteiger partial charge in [-0.25, -0.2) is 9.97 Å². The molecule has 0 saturated carbocycles. The molecule has 4 rings (SSSR count). The molecule has 0 aromatic carbocycles. The van der Waals surface area contributed by atoms with Gasteiger partial charge in [-0.2, -0.15) is 0 Å². The maximum atomic E-state index is 12.7. The van der Waals surface area contributed by atoms with Crippen molar-refractivity contribution < 1.29 is 14.3 Å². The molecule has 1 aromatic heterocycles. The summed E-state index contributed by atoms with van der Waals surface area (Å²) < 4.78 is 5.26. The van der Waals surface area contributed by atoms with Gasteiger partial charge in [-0.3, -0.25) is 9.59 Å². The molecule has 3 aliphatic rings. The lowest BCUT2D eigenvalue weighted by Gasteiger charge is -2.33. The van der Waals surface area contributed by atoms with E-state index in [4.69, 9.17) is 4.74 Å². The van der Waals surface area contributed by atoms with E-state index in [1.165, 1.54) is 12.8 Å². The van der Waals surface area contributed by atoms with Crippen molar-refractivity contribution in [1.82, 2.24) is 19.8 Å². The molecule has 1 aromatic rings. The van der Waals surface area contributed by atoms with Gasteiger partial charge in [-0.1, -0.05) is 0 Å². The first-order valence-electron chi connectivity index (χ1n) is 9.41. The molecule has 4 heterocycles. The van der Waals surface area contributed by atoms with E-state index in [1.54, 1.807) is 9.80 Å². The fourth-order valence-corrected chi connectivity index (χ4v) is 3.93. The first kappa shape index (κ1) is 17.2. The number of hydrogen-bond acceptors (Lipinski definition) is 6. The SMILES string of the molecule is Cc1nc2c(c(N3CCCC3)n1)CCN(C(=O)C(=O)N1CCOCC1)C2. The molecule has 140 valence electrons. The normalized spacial score (nSPS) is 20.3. The number of aryl methyl sites for hydroxylation is 1. The average molecular weight is 359 g/mol. The van der Waals surface area contributed by atoms with Crippen LogP contribution in [0.2, 0.25) is 0 Å². The van der Waals surface area contributed by atoms with Crippen LogP contribution in [0.1, 0.15) is 29.9 Å². The highest BCUT2D eigenvalue weighted by Crippen LogP contribution is 2.28. The van der Waals surface area contributed by atoms with Crippen LogP contribution in [-0.4, -0.2) is 77.5 Å². The maximum Gasteiger partial charge on any atom is 0.312 e. The first-order valence-corrected chi connectivity index (χ1v) is 9.41. The van der Waals surface area contributed by atoms with E-state index >= 15 is 0 Å². The number of anilines is 1. The summed E-state index contributed by atoms with van der Waals surface area (Å²) in [7, 11) is 0. The fourth-order valence-electron chi connectivity index (χ4n) is 3.93. The van der Waals surface area contributed by atoms with Crippen LogP contribution in [0.4, 0.5) is 5.82 Å². The van der Waals surface area contributed by atoms with Crippen LogP contribution in [-0.2, 0) is 27.3 Å². The number of carbonyl (C=O) groups is 2. The van der Waals surface area contributed by atoms with Gasteiger partial charge in [-0.05, 0) is 26.2 Å². The molecule has 8 heteroatoms. The molecule has 3 aliphatic heterocycles. The number of hydrogen-bond donors (Lipinski definition) is 0. The molecule has 0 unspecified atom stereocenters. The number of nitrogens with zero attached hydrogens (tertiary/aromatic N) is 5. The summed E-state index contributed by atoms with van der Waals surface area (Å²) in [6.07, 6.45) is 3.08. The summed E-state index contributed by atoms with van der Waals surface area (Å²) in [6.45, 7) is 6.82. The molecule has 2 saturated heterocycles. The third-order valence-electron chi connectivity index (χ3n) is 5.33. The van der Waals surface area contributed by atoms with E-state index in [0.29, 0.717) is 45.8 Å². The van der Waals surface area contributed by atoms with Crippen LogP contribution in [0.25, 0.3) is 0 Å². The molecule has 2 amide bonds. The van der Waals surface area contributed by atoms with Crippen LogP contribution in [0, 0.1) is 6.92 Å². The lowest BCUT2D eigenvalue weighted by atomic mass is 10.0. The van der Waals surface area contributed by atoms with E-state index in [0.717, 1.165) is 36.0 Å². The highest BCUT2D eigenvalue weighted by Gasteiger charge is 2.32. The molecule has 8 nitrogen and oxygen atoms in total. The molecule has 26 heavy (non-hydrogen) atoms. The first-order chi connectivity index (χ1) is 12.6. The second kappa shape index (κ2) is 7.19. The van der Waals surface area contributed by atoms with Crippen molar-refractivity contribution in [3.63, 3.8) is 0 Å². The third-order valence-corrected chi connectivity index (χ3v) is 5.33. The number of rotatable bonds is 1. The Kier molecular flexibility index (Phi) is 4.76. The number of aromatic nitrogens is 2. The van der Waals surface area contributed by atoms with Crippen LogP contribution in [0.15, 0.2) is 0 Å². The molecular weight excluding hydrogens is 334 g/mol. The molecule has 0 aliphatic carbocycles. The smallest absolute Gasteiger partial charge is 0.312 e. The zero-order valence-corrected chi connectivity index (χ0v) is 15.2. The minimum Gasteiger partial charge on any atom is -0.378 e. The van der Waals surface area contributed by atoms with Gasteiger partial charge in [0.15, 0.2) is 0 Å². The second-order valence-corrected chi connectivity index (χ2v) is 7.10. The van der Waals surface area contributed by atoms with Gasteiger partial charge < -0.3 is 19.4 Å². The highest BCUT2D eigenvalue weighted by atomic mass is 16.5. The summed E-state index contributed by atoms with van der Waals surface area (Å²) >= 11 is 0. The number of ether oxygens (including phenoxy) is 1. The zero-order valence-electron chi connectivity index (χ0n) is 15.2. The van der Waals surface area contributed by atoms with Gasteiger partial charge in [0.25, 0.3) is 0 Å². The molecule has 0 radical (unpaired) electrons. The Labute approximate surface area is 153 Å². The van der Waals surface area contributed by atoms with Crippen molar-refractivity contribution in [2.75, 3.05) is 50.8 Å². The monoisotopic (exact) mass is 359 g/mol. The van der Waals surface area contributed by atoms with E-state index in [9.17, 15) is 9.59 Å². The van der Waals surface area contributed by atoms with Gasteiger partial charge in [0.2, 0.25) is 0 Å². The molecule has 0 spiro atoms. The Morgan fingerprint density at radius 2 is 1.62 bits per heavy atom. The number of fused-ring (bicyclic) bond motifs is 1. The van der Waals surface area contributed by atoms with Crippen molar-refractivity contribution in [1.29, 1.82) is 0 Å². The predicted molar refractivity (Wildman–Crippen MR) is 94.7 cm³/mol. The Bertz CT molecular complexity index is 711. The largest absolute Gasteiger partial charge is 0.378 e. The highest BCUT2D eigenvalue weighted by molar-refractivity contribution is 6.34. The van der Waals surface area contributed by atoms with Gasteiger partial charge in [0.1, 0.15) is 11.6 Å². The average Bonchev–Trinajstić information content (AvgIpc) is 3.21. The Morgan fingerprint density at radius 3 is 2.35 bits per heavy atom. The Hall–Kier alpha value is -2.22. The zero-order chi connectivity index (χ0) is 18.1. The number of amides is 2. The van der Waals surface area contributed by atoms with Gasteiger partial charge in [-0.15, -0.1) is 0 Å². The molecule has 0 bridgehead atoms. The van der Waals surface area contributed by atoms with E-state index in [1.807, 2.05) is 6.92 Å². The molecule has 0 atom stereocenters. The standard InChI is InChI=1S/C18H25N5O3/c1-13-19-15-12-23(18(25)17(24)22-8-10-26-11-9-22)7-4-14(15)16(20-13)21-5-2-3-6-21/h2-12H2,1H3. The summed E-state index contributed by atoms with van der Waals surface area (Å²) in [6, 6.07) is 0. The van der Waals surface area contributed by atoms with Crippen molar-refractivity contribution in [3.8, 4) is 0 Å². The van der Waals surface area contributed by atoms with Crippen molar-refractivity contribution in [2.24, 2.45) is 0 Å². The van der Waals surface area contributed by atoms with E-state index in [2.05, 4.69) is 14.9 Å². The van der Waals surface area contributed by atoms with Crippen molar-refractivity contribution >= 4 is 17.6 Å². The third kappa shape index (κ3) is 3.25. The Balaban J connectivity index is 1.52. The van der Waals surface area contributed by atoms with E-state index in [-0.39, 0.29) is 0 Å². The van der Waals surface area contributed by atoms with Crippen LogP contribution in [0.5, 0.6) is 0 Å². The summed E-state index contributed by atoms with van der Waals surface area (Å²) in [5, 5.41) is 0. The van der Waals surface area contributed by atoms with Crippen molar-refractivity contribution in [3.05, 3.63) is 17.1 Å². The lowest BCUT2D eigenvalue weighted by molar-refractivity contribution is -0.154. The summed E-state index contributed by atoms with van der Waals surface area (Å²) in [5.41, 5.74) is 2.02. The fraction of sp³-hybridized carbons (Fsp3) is 0.667. The predicted octanol–water partition coefficient (Wildman–Crippen LogP) is 0.129. The van der Waals surface area contributed by atoms with Crippen LogP contribution < -0.4 is 4.90 Å². The Morgan fingerprint density at radius 1 is 0.923 bits per heavy atom. The molecule has 2 fully saturated rings. The summed E-state index contributed by atoms with van der Waals surface area (Å²) in [5.74, 6) is 0.884.